The van der Waals surface area contributed by atoms with Crippen LogP contribution in [0.2, 0.25) is 0 Å². The van der Waals surface area contributed by atoms with E-state index in [4.69, 9.17) is 15.5 Å². The molecule has 1 atom stereocenters. The number of aliphatic carboxylic acids is 1. The summed E-state index contributed by atoms with van der Waals surface area (Å²) in [5, 5.41) is 26.1. The van der Waals surface area contributed by atoms with Crippen LogP contribution in [0.15, 0.2) is 18.2 Å². The molecule has 1 aromatic rings. The van der Waals surface area contributed by atoms with Crippen LogP contribution in [0.1, 0.15) is 17.2 Å². The van der Waals surface area contributed by atoms with Crippen molar-refractivity contribution < 1.29 is 19.4 Å². The average Bonchev–Trinajstić information content (AvgIpc) is 2.16. The molecular formula is C9H6FNO3. The van der Waals surface area contributed by atoms with Gasteiger partial charge in [0, 0.05) is 5.56 Å². The molecule has 0 saturated heterocycles. The molecule has 14 heavy (non-hydrogen) atoms. The third kappa shape index (κ3) is 1.70. The van der Waals surface area contributed by atoms with Gasteiger partial charge in [-0.1, -0.05) is 6.07 Å². The Labute approximate surface area is 78.8 Å². The fourth-order valence-corrected chi connectivity index (χ4v) is 1.04. The van der Waals surface area contributed by atoms with Gasteiger partial charge in [0.15, 0.2) is 6.10 Å². The number of rotatable bonds is 2. The highest BCUT2D eigenvalue weighted by atomic mass is 19.1. The van der Waals surface area contributed by atoms with Crippen LogP contribution in [-0.2, 0) is 4.79 Å². The van der Waals surface area contributed by atoms with Gasteiger partial charge in [-0.2, -0.15) is 5.26 Å². The zero-order chi connectivity index (χ0) is 10.7. The normalized spacial score (nSPS) is 11.8. The second-order valence-electron chi connectivity index (χ2n) is 2.55. The van der Waals surface area contributed by atoms with E-state index in [9.17, 15) is 9.18 Å². The average molecular weight is 195 g/mol. The van der Waals surface area contributed by atoms with Crippen LogP contribution in [0, 0.1) is 17.1 Å². The van der Waals surface area contributed by atoms with Crippen molar-refractivity contribution >= 4 is 5.97 Å². The maximum Gasteiger partial charge on any atom is 0.337 e. The van der Waals surface area contributed by atoms with Gasteiger partial charge in [0.25, 0.3) is 0 Å². The summed E-state index contributed by atoms with van der Waals surface area (Å²) in [5.74, 6) is -2.49. The standard InChI is InChI=1S/C9H6FNO3/c10-6-3-1-2-5(4-11)7(6)8(12)9(13)14/h1-3,8,12H,(H,13,14). The van der Waals surface area contributed by atoms with Crippen molar-refractivity contribution in [3.05, 3.63) is 35.1 Å². The zero-order valence-electron chi connectivity index (χ0n) is 6.94. The summed E-state index contributed by atoms with van der Waals surface area (Å²) in [6, 6.07) is 5.11. The van der Waals surface area contributed by atoms with Crippen molar-refractivity contribution in [2.75, 3.05) is 0 Å². The van der Waals surface area contributed by atoms with Crippen LogP contribution >= 0.6 is 0 Å². The van der Waals surface area contributed by atoms with Crippen LogP contribution in [-0.4, -0.2) is 16.2 Å². The number of carbonyl (C=O) groups is 1. The summed E-state index contributed by atoms with van der Waals surface area (Å²) in [6.07, 6.45) is -2.01. The maximum atomic E-state index is 13.1. The lowest BCUT2D eigenvalue weighted by Gasteiger charge is -2.08. The molecule has 0 fully saturated rings. The Hall–Kier alpha value is -1.93. The third-order valence-corrected chi connectivity index (χ3v) is 1.68. The molecule has 4 nitrogen and oxygen atoms in total. The van der Waals surface area contributed by atoms with Crippen molar-refractivity contribution in [1.82, 2.24) is 0 Å². The molecule has 0 amide bonds. The Morgan fingerprint density at radius 3 is 2.71 bits per heavy atom. The zero-order valence-corrected chi connectivity index (χ0v) is 6.94. The van der Waals surface area contributed by atoms with Gasteiger partial charge in [-0.05, 0) is 12.1 Å². The quantitative estimate of drug-likeness (QED) is 0.731. The van der Waals surface area contributed by atoms with Crippen molar-refractivity contribution in [3.8, 4) is 6.07 Å². The highest BCUT2D eigenvalue weighted by Gasteiger charge is 2.23. The van der Waals surface area contributed by atoms with E-state index >= 15 is 0 Å². The summed E-state index contributed by atoms with van der Waals surface area (Å²) in [7, 11) is 0. The Morgan fingerprint density at radius 2 is 2.21 bits per heavy atom. The summed E-state index contributed by atoms with van der Waals surface area (Å²) in [6.45, 7) is 0. The SMILES string of the molecule is N#Cc1cccc(F)c1C(O)C(=O)O. The number of aliphatic hydroxyl groups is 1. The summed E-state index contributed by atoms with van der Waals surface area (Å²) in [4.78, 5) is 10.4. The van der Waals surface area contributed by atoms with Gasteiger partial charge in [0.2, 0.25) is 0 Å². The first-order chi connectivity index (χ1) is 6.57. The third-order valence-electron chi connectivity index (χ3n) is 1.68. The van der Waals surface area contributed by atoms with E-state index in [1.54, 1.807) is 6.07 Å². The number of hydrogen-bond donors (Lipinski definition) is 2. The van der Waals surface area contributed by atoms with Crippen molar-refractivity contribution in [3.63, 3.8) is 0 Å². The number of aliphatic hydroxyl groups excluding tert-OH is 1. The lowest BCUT2D eigenvalue weighted by molar-refractivity contribution is -0.147. The molecule has 5 heteroatoms. The van der Waals surface area contributed by atoms with Crippen LogP contribution in [0.4, 0.5) is 4.39 Å². The molecule has 0 aliphatic carbocycles. The number of nitrogens with zero attached hydrogens (tertiary/aromatic N) is 1. The molecule has 0 saturated carbocycles. The minimum absolute atomic E-state index is 0.181. The number of carboxylic acid groups (broad SMARTS) is 1. The van der Waals surface area contributed by atoms with E-state index in [0.29, 0.717) is 0 Å². The lowest BCUT2D eigenvalue weighted by Crippen LogP contribution is -2.13. The lowest BCUT2D eigenvalue weighted by atomic mass is 10.0. The molecule has 0 radical (unpaired) electrons. The summed E-state index contributed by atoms with van der Waals surface area (Å²) < 4.78 is 13.1. The van der Waals surface area contributed by atoms with Gasteiger partial charge in [-0.3, -0.25) is 0 Å². The molecule has 0 aromatic heterocycles. The van der Waals surface area contributed by atoms with E-state index in [1.807, 2.05) is 0 Å². The van der Waals surface area contributed by atoms with E-state index < -0.39 is 23.5 Å². The molecule has 0 aliphatic rings. The van der Waals surface area contributed by atoms with Gasteiger partial charge >= 0.3 is 5.97 Å². The monoisotopic (exact) mass is 195 g/mol. The first-order valence-electron chi connectivity index (χ1n) is 3.67. The Morgan fingerprint density at radius 1 is 1.57 bits per heavy atom. The van der Waals surface area contributed by atoms with Crippen molar-refractivity contribution in [2.24, 2.45) is 0 Å². The first kappa shape index (κ1) is 10.2. The molecule has 0 spiro atoms. The van der Waals surface area contributed by atoms with Crippen LogP contribution in [0.3, 0.4) is 0 Å². The molecule has 1 aromatic carbocycles. The second kappa shape index (κ2) is 3.85. The molecule has 0 aliphatic heterocycles. The van der Waals surface area contributed by atoms with Gasteiger partial charge in [-0.15, -0.1) is 0 Å². The van der Waals surface area contributed by atoms with Crippen LogP contribution in [0.25, 0.3) is 0 Å². The van der Waals surface area contributed by atoms with Crippen molar-refractivity contribution in [2.45, 2.75) is 6.10 Å². The van der Waals surface area contributed by atoms with E-state index in [1.165, 1.54) is 12.1 Å². The first-order valence-corrected chi connectivity index (χ1v) is 3.67. The second-order valence-corrected chi connectivity index (χ2v) is 2.55. The van der Waals surface area contributed by atoms with Crippen molar-refractivity contribution in [1.29, 1.82) is 5.26 Å². The summed E-state index contributed by atoms with van der Waals surface area (Å²) >= 11 is 0. The minimum atomic E-state index is -2.01. The number of halogens is 1. The predicted octanol–water partition coefficient (Wildman–Crippen LogP) is 0.815. The molecule has 0 bridgehead atoms. The molecule has 0 heterocycles. The Balaban J connectivity index is 3.32. The van der Waals surface area contributed by atoms with E-state index in [0.717, 1.165) is 6.07 Å². The van der Waals surface area contributed by atoms with Gasteiger partial charge < -0.3 is 10.2 Å². The summed E-state index contributed by atoms with van der Waals surface area (Å²) in [5.41, 5.74) is -0.678. The topological polar surface area (TPSA) is 81.3 Å². The number of nitriles is 1. The molecule has 1 rings (SSSR count). The Kier molecular flexibility index (Phi) is 2.79. The highest BCUT2D eigenvalue weighted by molar-refractivity contribution is 5.75. The molecule has 72 valence electrons. The Bertz CT molecular complexity index is 411. The predicted molar refractivity (Wildman–Crippen MR) is 43.7 cm³/mol. The molecule has 1 unspecified atom stereocenters. The molecular weight excluding hydrogens is 189 g/mol. The fourth-order valence-electron chi connectivity index (χ4n) is 1.04. The van der Waals surface area contributed by atoms with Gasteiger partial charge in [-0.25, -0.2) is 9.18 Å². The van der Waals surface area contributed by atoms with Crippen LogP contribution in [0.5, 0.6) is 0 Å². The van der Waals surface area contributed by atoms with Gasteiger partial charge in [0.1, 0.15) is 5.82 Å². The maximum absolute atomic E-state index is 13.1. The van der Waals surface area contributed by atoms with Crippen LogP contribution < -0.4 is 0 Å². The smallest absolute Gasteiger partial charge is 0.337 e. The number of hydrogen-bond acceptors (Lipinski definition) is 3. The number of carboxylic acids is 1. The van der Waals surface area contributed by atoms with E-state index in [-0.39, 0.29) is 5.56 Å². The number of benzene rings is 1. The minimum Gasteiger partial charge on any atom is -0.479 e. The van der Waals surface area contributed by atoms with E-state index in [2.05, 4.69) is 0 Å². The van der Waals surface area contributed by atoms with Gasteiger partial charge in [0.05, 0.1) is 11.6 Å². The fraction of sp³-hybridized carbons (Fsp3) is 0.111. The highest BCUT2D eigenvalue weighted by Crippen LogP contribution is 2.21. The largest absolute Gasteiger partial charge is 0.479 e. The molecule has 2 N–H and O–H groups in total.